The van der Waals surface area contributed by atoms with E-state index in [2.05, 4.69) is 4.98 Å². The van der Waals surface area contributed by atoms with Gasteiger partial charge >= 0.3 is 5.97 Å². The molecule has 3 rings (SSSR count). The lowest BCUT2D eigenvalue weighted by atomic mass is 9.99. The maximum Gasteiger partial charge on any atom is 0.303 e. The Kier molecular flexibility index (Phi) is 4.84. The van der Waals surface area contributed by atoms with Crippen molar-refractivity contribution in [2.45, 2.75) is 25.7 Å². The number of aromatic nitrogens is 1. The Morgan fingerprint density at radius 3 is 2.60 bits per heavy atom. The number of unbranched alkanes of at least 4 members (excludes halogenated alkanes) is 1. The van der Waals surface area contributed by atoms with E-state index in [1.165, 1.54) is 0 Å². The summed E-state index contributed by atoms with van der Waals surface area (Å²) >= 11 is 0. The van der Waals surface area contributed by atoms with Crippen molar-refractivity contribution in [3.05, 3.63) is 65.4 Å². The second-order valence-corrected chi connectivity index (χ2v) is 6.08. The molecule has 0 atom stereocenters. The number of nitrogens with two attached hydrogens (primary N) is 1. The quantitative estimate of drug-likeness (QED) is 0.347. The van der Waals surface area contributed by atoms with Crippen molar-refractivity contribution in [2.24, 2.45) is 0 Å². The lowest BCUT2D eigenvalue weighted by molar-refractivity contribution is -0.137. The highest BCUT2D eigenvalue weighted by molar-refractivity contribution is 6.12. The van der Waals surface area contributed by atoms with Gasteiger partial charge in [0.1, 0.15) is 0 Å². The van der Waals surface area contributed by atoms with Crippen LogP contribution < -0.4 is 5.73 Å². The third-order valence-electron chi connectivity index (χ3n) is 4.26. The van der Waals surface area contributed by atoms with Crippen molar-refractivity contribution in [3.63, 3.8) is 0 Å². The average molecular weight is 336 g/mol. The molecule has 128 valence electrons. The topological polar surface area (TPSA) is 96.2 Å². The molecule has 0 saturated carbocycles. The Morgan fingerprint density at radius 2 is 1.84 bits per heavy atom. The normalized spacial score (nSPS) is 10.9. The van der Waals surface area contributed by atoms with Gasteiger partial charge in [-0.2, -0.15) is 0 Å². The van der Waals surface area contributed by atoms with Gasteiger partial charge in [-0.3, -0.25) is 9.59 Å². The van der Waals surface area contributed by atoms with Crippen molar-refractivity contribution >= 4 is 28.3 Å². The summed E-state index contributed by atoms with van der Waals surface area (Å²) in [7, 11) is 0. The monoisotopic (exact) mass is 336 g/mol. The number of aryl methyl sites for hydroxylation is 1. The van der Waals surface area contributed by atoms with Crippen LogP contribution in [-0.2, 0) is 11.2 Å². The number of carboxylic acid groups (broad SMARTS) is 1. The van der Waals surface area contributed by atoms with E-state index in [-0.39, 0.29) is 12.2 Å². The summed E-state index contributed by atoms with van der Waals surface area (Å²) in [6, 6.07) is 14.7. The van der Waals surface area contributed by atoms with Crippen LogP contribution in [-0.4, -0.2) is 21.8 Å². The number of hydrogen-bond donors (Lipinski definition) is 3. The minimum Gasteiger partial charge on any atom is -0.481 e. The van der Waals surface area contributed by atoms with Gasteiger partial charge in [-0.1, -0.05) is 30.3 Å². The van der Waals surface area contributed by atoms with Crippen molar-refractivity contribution in [1.29, 1.82) is 0 Å². The summed E-state index contributed by atoms with van der Waals surface area (Å²) in [6.07, 6.45) is 2.09. The maximum absolute atomic E-state index is 12.9. The van der Waals surface area contributed by atoms with Crippen LogP contribution >= 0.6 is 0 Å². The Labute approximate surface area is 145 Å². The average Bonchev–Trinajstić information content (AvgIpc) is 2.96. The Bertz CT molecular complexity index is 928. The highest BCUT2D eigenvalue weighted by Crippen LogP contribution is 2.26. The molecule has 0 spiro atoms. The van der Waals surface area contributed by atoms with Gasteiger partial charge in [0, 0.05) is 28.6 Å². The molecular weight excluding hydrogens is 316 g/mol. The fraction of sp³-hybridized carbons (Fsp3) is 0.200. The van der Waals surface area contributed by atoms with Gasteiger partial charge in [-0.25, -0.2) is 0 Å². The van der Waals surface area contributed by atoms with Gasteiger partial charge in [0.05, 0.1) is 5.69 Å². The largest absolute Gasteiger partial charge is 0.481 e. The van der Waals surface area contributed by atoms with Gasteiger partial charge in [-0.15, -0.1) is 0 Å². The molecule has 25 heavy (non-hydrogen) atoms. The molecule has 2 aromatic carbocycles. The summed E-state index contributed by atoms with van der Waals surface area (Å²) in [6.45, 7) is 0. The van der Waals surface area contributed by atoms with Crippen molar-refractivity contribution in [2.75, 3.05) is 5.73 Å². The van der Waals surface area contributed by atoms with Crippen molar-refractivity contribution in [1.82, 2.24) is 4.98 Å². The SMILES string of the molecule is Nc1cccc(C(=O)c2[nH]c3ccccc3c2CCCCC(=O)O)c1. The molecule has 1 aromatic heterocycles. The minimum absolute atomic E-state index is 0.100. The summed E-state index contributed by atoms with van der Waals surface area (Å²) in [5.74, 6) is -0.897. The maximum atomic E-state index is 12.9. The van der Waals surface area contributed by atoms with Gasteiger partial charge in [-0.05, 0) is 43.0 Å². The van der Waals surface area contributed by atoms with Crippen molar-refractivity contribution in [3.8, 4) is 0 Å². The molecule has 1 heterocycles. The zero-order chi connectivity index (χ0) is 17.8. The van der Waals surface area contributed by atoms with E-state index in [0.29, 0.717) is 36.2 Å². The van der Waals surface area contributed by atoms with Crippen LogP contribution in [0.1, 0.15) is 40.9 Å². The molecule has 5 heteroatoms. The molecule has 0 fully saturated rings. The number of para-hydroxylation sites is 1. The number of aliphatic carboxylic acids is 1. The Balaban J connectivity index is 1.94. The first-order chi connectivity index (χ1) is 12.1. The fourth-order valence-electron chi connectivity index (χ4n) is 3.06. The summed E-state index contributed by atoms with van der Waals surface area (Å²) in [4.78, 5) is 26.9. The first kappa shape index (κ1) is 16.8. The lowest BCUT2D eigenvalue weighted by Crippen LogP contribution is -2.06. The molecule has 0 radical (unpaired) electrons. The van der Waals surface area contributed by atoms with E-state index < -0.39 is 5.97 Å². The molecular formula is C20H20N2O3. The number of nitrogens with one attached hydrogen (secondary N) is 1. The summed E-state index contributed by atoms with van der Waals surface area (Å²) < 4.78 is 0. The number of H-pyrrole nitrogens is 1. The molecule has 0 aliphatic heterocycles. The van der Waals surface area contributed by atoms with Crippen LogP contribution in [0.25, 0.3) is 10.9 Å². The van der Waals surface area contributed by atoms with Crippen LogP contribution in [0.5, 0.6) is 0 Å². The van der Waals surface area contributed by atoms with Crippen LogP contribution in [0.4, 0.5) is 5.69 Å². The second-order valence-electron chi connectivity index (χ2n) is 6.08. The first-order valence-corrected chi connectivity index (χ1v) is 8.28. The number of nitrogen functional groups attached to an aromatic ring is 1. The van der Waals surface area contributed by atoms with E-state index in [1.54, 1.807) is 24.3 Å². The Morgan fingerprint density at radius 1 is 1.04 bits per heavy atom. The minimum atomic E-state index is -0.796. The number of fused-ring (bicyclic) bond motifs is 1. The molecule has 0 saturated heterocycles. The van der Waals surface area contributed by atoms with E-state index in [0.717, 1.165) is 16.5 Å². The number of ketones is 1. The van der Waals surface area contributed by atoms with Crippen LogP contribution in [0, 0.1) is 0 Å². The Hall–Kier alpha value is -3.08. The molecule has 3 aromatic rings. The number of rotatable bonds is 7. The highest BCUT2D eigenvalue weighted by atomic mass is 16.4. The number of aromatic amines is 1. The van der Waals surface area contributed by atoms with Crippen molar-refractivity contribution < 1.29 is 14.7 Å². The van der Waals surface area contributed by atoms with Gasteiger partial charge in [0.25, 0.3) is 0 Å². The third-order valence-corrected chi connectivity index (χ3v) is 4.26. The third kappa shape index (κ3) is 3.71. The predicted octanol–water partition coefficient (Wildman–Crippen LogP) is 3.78. The van der Waals surface area contributed by atoms with E-state index in [4.69, 9.17) is 10.8 Å². The summed E-state index contributed by atoms with van der Waals surface area (Å²) in [5, 5.41) is 9.79. The number of carbonyl (C=O) groups excluding carboxylic acids is 1. The highest BCUT2D eigenvalue weighted by Gasteiger charge is 2.19. The standard InChI is InChI=1S/C20H20N2O3/c21-14-7-5-6-13(12-14)20(25)19-16(9-2-4-11-18(23)24)15-8-1-3-10-17(15)22-19/h1,3,5-8,10,12,22H,2,4,9,11,21H2,(H,23,24). The smallest absolute Gasteiger partial charge is 0.303 e. The fourth-order valence-corrected chi connectivity index (χ4v) is 3.06. The second kappa shape index (κ2) is 7.21. The van der Waals surface area contributed by atoms with Gasteiger partial charge in [0.2, 0.25) is 5.78 Å². The zero-order valence-corrected chi connectivity index (χ0v) is 13.8. The van der Waals surface area contributed by atoms with Crippen LogP contribution in [0.3, 0.4) is 0 Å². The number of anilines is 1. The van der Waals surface area contributed by atoms with E-state index in [9.17, 15) is 9.59 Å². The molecule has 5 nitrogen and oxygen atoms in total. The number of benzene rings is 2. The molecule has 0 aliphatic carbocycles. The van der Waals surface area contributed by atoms with E-state index >= 15 is 0 Å². The molecule has 4 N–H and O–H groups in total. The molecule has 0 aliphatic rings. The van der Waals surface area contributed by atoms with E-state index in [1.807, 2.05) is 24.3 Å². The number of carboxylic acids is 1. The first-order valence-electron chi connectivity index (χ1n) is 8.28. The summed E-state index contributed by atoms with van der Waals surface area (Å²) in [5.41, 5.74) is 9.28. The van der Waals surface area contributed by atoms with Crippen LogP contribution in [0.2, 0.25) is 0 Å². The number of hydrogen-bond acceptors (Lipinski definition) is 3. The lowest BCUT2D eigenvalue weighted by Gasteiger charge is -2.05. The molecule has 0 bridgehead atoms. The zero-order valence-electron chi connectivity index (χ0n) is 13.8. The van der Waals surface area contributed by atoms with Crippen LogP contribution in [0.15, 0.2) is 48.5 Å². The van der Waals surface area contributed by atoms with Gasteiger partial charge < -0.3 is 15.8 Å². The van der Waals surface area contributed by atoms with Gasteiger partial charge in [0.15, 0.2) is 0 Å². The number of carbonyl (C=O) groups is 2. The molecule has 0 amide bonds. The molecule has 0 unspecified atom stereocenters. The predicted molar refractivity (Wildman–Crippen MR) is 97.8 cm³/mol.